The Morgan fingerprint density at radius 1 is 0.833 bits per heavy atom. The maximum atomic E-state index is 9.40. The summed E-state index contributed by atoms with van der Waals surface area (Å²) in [6.45, 7) is 7.22. The lowest BCUT2D eigenvalue weighted by Gasteiger charge is -2.36. The summed E-state index contributed by atoms with van der Waals surface area (Å²) >= 11 is 0. The molecule has 0 aliphatic carbocycles. The quantitative estimate of drug-likeness (QED) is 0.735. The number of hydrogen-bond acceptors (Lipinski definition) is 6. The van der Waals surface area contributed by atoms with Gasteiger partial charge in [0.25, 0.3) is 0 Å². The summed E-state index contributed by atoms with van der Waals surface area (Å²) in [6, 6.07) is 0. The van der Waals surface area contributed by atoms with Crippen LogP contribution in [0.2, 0.25) is 0 Å². The van der Waals surface area contributed by atoms with Gasteiger partial charge in [-0.25, -0.2) is 0 Å². The van der Waals surface area contributed by atoms with E-state index in [1.807, 2.05) is 27.7 Å². The number of rotatable bonds is 1. The molecule has 0 aromatic rings. The molecule has 5 atom stereocenters. The molecule has 3 aliphatic rings. The first-order valence-corrected chi connectivity index (χ1v) is 6.29. The van der Waals surface area contributed by atoms with E-state index in [1.165, 1.54) is 0 Å². The molecule has 0 unspecified atom stereocenters. The van der Waals surface area contributed by atoms with Crippen molar-refractivity contribution < 1.29 is 28.8 Å². The third kappa shape index (κ3) is 1.97. The Bertz CT molecular complexity index is 341. The normalized spacial score (nSPS) is 48.8. The van der Waals surface area contributed by atoms with Crippen LogP contribution in [-0.2, 0) is 23.7 Å². The molecule has 104 valence electrons. The van der Waals surface area contributed by atoms with Crippen molar-refractivity contribution in [2.24, 2.45) is 0 Å². The SMILES string of the molecule is CC1(C)O[C@@H]2O[C@@H](CO)[C@H]3OC(C)(C)O[C@H]3[C@H]2O1. The molecule has 3 heterocycles. The van der Waals surface area contributed by atoms with E-state index in [4.69, 9.17) is 23.7 Å². The zero-order chi connectivity index (χ0) is 13.1. The van der Waals surface area contributed by atoms with E-state index >= 15 is 0 Å². The van der Waals surface area contributed by atoms with Crippen LogP contribution in [0.3, 0.4) is 0 Å². The van der Waals surface area contributed by atoms with Gasteiger partial charge < -0.3 is 28.8 Å². The minimum atomic E-state index is -0.708. The highest BCUT2D eigenvalue weighted by molar-refractivity contribution is 4.99. The molecule has 0 amide bonds. The Morgan fingerprint density at radius 3 is 2.06 bits per heavy atom. The topological polar surface area (TPSA) is 66.4 Å². The highest BCUT2D eigenvalue weighted by Gasteiger charge is 2.60. The summed E-state index contributed by atoms with van der Waals surface area (Å²) in [5.41, 5.74) is 0. The van der Waals surface area contributed by atoms with Gasteiger partial charge in [-0.05, 0) is 27.7 Å². The Morgan fingerprint density at radius 2 is 1.39 bits per heavy atom. The van der Waals surface area contributed by atoms with Gasteiger partial charge in [0, 0.05) is 0 Å². The number of aliphatic hydroxyl groups is 1. The zero-order valence-electron chi connectivity index (χ0n) is 11.1. The van der Waals surface area contributed by atoms with Crippen molar-refractivity contribution in [2.45, 2.75) is 70.0 Å². The van der Waals surface area contributed by atoms with Gasteiger partial charge in [0.2, 0.25) is 0 Å². The molecule has 3 rings (SSSR count). The standard InChI is InChI=1S/C12H20O6/c1-11(2)15-7-6(5-13)14-10-9(8(7)16-11)17-12(3,4)18-10/h6-10,13H,5H2,1-4H3/t6-,7+,8+,9+,10-/m0/s1. The van der Waals surface area contributed by atoms with Gasteiger partial charge >= 0.3 is 0 Å². The molecule has 0 saturated carbocycles. The predicted molar refractivity (Wildman–Crippen MR) is 59.6 cm³/mol. The van der Waals surface area contributed by atoms with Crippen molar-refractivity contribution in [3.05, 3.63) is 0 Å². The van der Waals surface area contributed by atoms with Crippen LogP contribution in [0.25, 0.3) is 0 Å². The van der Waals surface area contributed by atoms with Gasteiger partial charge in [-0.15, -0.1) is 0 Å². The second-order valence-electron chi connectivity index (χ2n) is 5.89. The molecule has 0 bridgehead atoms. The summed E-state index contributed by atoms with van der Waals surface area (Å²) in [6.07, 6.45) is -1.90. The van der Waals surface area contributed by atoms with Crippen molar-refractivity contribution in [3.8, 4) is 0 Å². The second-order valence-corrected chi connectivity index (χ2v) is 5.89. The number of fused-ring (bicyclic) bond motifs is 3. The average molecular weight is 260 g/mol. The van der Waals surface area contributed by atoms with Gasteiger partial charge in [0.1, 0.15) is 24.4 Å². The van der Waals surface area contributed by atoms with Crippen molar-refractivity contribution >= 4 is 0 Å². The fourth-order valence-electron chi connectivity index (χ4n) is 2.84. The fraction of sp³-hybridized carbons (Fsp3) is 1.00. The van der Waals surface area contributed by atoms with Gasteiger partial charge in [-0.2, -0.15) is 0 Å². The molecule has 3 saturated heterocycles. The molecule has 3 fully saturated rings. The van der Waals surface area contributed by atoms with Crippen LogP contribution >= 0.6 is 0 Å². The van der Waals surface area contributed by atoms with Crippen molar-refractivity contribution in [2.75, 3.05) is 6.61 Å². The van der Waals surface area contributed by atoms with Crippen molar-refractivity contribution in [3.63, 3.8) is 0 Å². The summed E-state index contributed by atoms with van der Waals surface area (Å²) in [7, 11) is 0. The minimum Gasteiger partial charge on any atom is -0.394 e. The van der Waals surface area contributed by atoms with E-state index in [0.29, 0.717) is 0 Å². The number of hydrogen-bond donors (Lipinski definition) is 1. The van der Waals surface area contributed by atoms with Crippen LogP contribution in [0.4, 0.5) is 0 Å². The fourth-order valence-corrected chi connectivity index (χ4v) is 2.84. The molecule has 0 aromatic carbocycles. The maximum Gasteiger partial charge on any atom is 0.190 e. The van der Waals surface area contributed by atoms with E-state index < -0.39 is 24.0 Å². The molecular weight excluding hydrogens is 240 g/mol. The third-order valence-electron chi connectivity index (χ3n) is 3.43. The second kappa shape index (κ2) is 3.88. The first-order chi connectivity index (χ1) is 8.31. The van der Waals surface area contributed by atoms with Crippen LogP contribution in [0.5, 0.6) is 0 Å². The maximum absolute atomic E-state index is 9.40. The highest BCUT2D eigenvalue weighted by Crippen LogP contribution is 2.43. The Balaban J connectivity index is 1.86. The van der Waals surface area contributed by atoms with Crippen molar-refractivity contribution in [1.82, 2.24) is 0 Å². The average Bonchev–Trinajstić information content (AvgIpc) is 2.71. The van der Waals surface area contributed by atoms with E-state index in [9.17, 15) is 5.11 Å². The summed E-state index contributed by atoms with van der Waals surface area (Å²) in [4.78, 5) is 0. The first kappa shape index (κ1) is 12.8. The van der Waals surface area contributed by atoms with Crippen LogP contribution in [0.15, 0.2) is 0 Å². The molecule has 0 spiro atoms. The molecule has 6 nitrogen and oxygen atoms in total. The summed E-state index contributed by atoms with van der Waals surface area (Å²) in [5.74, 6) is -1.41. The van der Waals surface area contributed by atoms with Gasteiger partial charge in [0.15, 0.2) is 17.9 Å². The molecule has 0 radical (unpaired) electrons. The van der Waals surface area contributed by atoms with Crippen molar-refractivity contribution in [1.29, 1.82) is 0 Å². The largest absolute Gasteiger partial charge is 0.394 e. The zero-order valence-corrected chi connectivity index (χ0v) is 11.1. The molecular formula is C12H20O6. The van der Waals surface area contributed by atoms with Crippen LogP contribution in [0.1, 0.15) is 27.7 Å². The highest BCUT2D eigenvalue weighted by atomic mass is 16.9. The van der Waals surface area contributed by atoms with E-state index in [1.54, 1.807) is 0 Å². The predicted octanol–water partition coefficient (Wildman–Crippen LogP) is 0.375. The molecule has 6 heteroatoms. The lowest BCUT2D eigenvalue weighted by atomic mass is 9.99. The molecule has 3 aliphatic heterocycles. The Hall–Kier alpha value is -0.240. The molecule has 0 aromatic heterocycles. The van der Waals surface area contributed by atoms with E-state index in [2.05, 4.69) is 0 Å². The minimum absolute atomic E-state index is 0.131. The lowest BCUT2D eigenvalue weighted by molar-refractivity contribution is -0.240. The van der Waals surface area contributed by atoms with E-state index in [0.717, 1.165) is 0 Å². The van der Waals surface area contributed by atoms with E-state index in [-0.39, 0.29) is 24.9 Å². The summed E-state index contributed by atoms with van der Waals surface area (Å²) in [5, 5.41) is 9.40. The summed E-state index contributed by atoms with van der Waals surface area (Å²) < 4.78 is 28.9. The monoisotopic (exact) mass is 260 g/mol. The lowest BCUT2D eigenvalue weighted by Crippen LogP contribution is -2.56. The molecule has 1 N–H and O–H groups in total. The Kier molecular flexibility index (Phi) is 2.75. The first-order valence-electron chi connectivity index (χ1n) is 6.29. The van der Waals surface area contributed by atoms with Crippen LogP contribution in [0, 0.1) is 0 Å². The molecule has 18 heavy (non-hydrogen) atoms. The number of aliphatic hydroxyl groups excluding tert-OH is 1. The van der Waals surface area contributed by atoms with Gasteiger partial charge in [-0.3, -0.25) is 0 Å². The third-order valence-corrected chi connectivity index (χ3v) is 3.43. The number of ether oxygens (including phenoxy) is 5. The van der Waals surface area contributed by atoms with Gasteiger partial charge in [0.05, 0.1) is 6.61 Å². The van der Waals surface area contributed by atoms with Gasteiger partial charge in [-0.1, -0.05) is 0 Å². The van der Waals surface area contributed by atoms with Crippen LogP contribution in [-0.4, -0.2) is 54.0 Å². The van der Waals surface area contributed by atoms with Crippen LogP contribution < -0.4 is 0 Å². The Labute approximate surface area is 106 Å². The smallest absolute Gasteiger partial charge is 0.190 e.